The molecule has 21 heavy (non-hydrogen) atoms. The van der Waals surface area contributed by atoms with E-state index in [9.17, 15) is 9.59 Å². The van der Waals surface area contributed by atoms with Crippen LogP contribution in [-0.4, -0.2) is 26.6 Å². The average Bonchev–Trinajstić information content (AvgIpc) is 2.98. The summed E-state index contributed by atoms with van der Waals surface area (Å²) in [6.07, 6.45) is 8.85. The lowest BCUT2D eigenvalue weighted by Gasteiger charge is -1.94. The predicted molar refractivity (Wildman–Crippen MR) is 79.4 cm³/mol. The highest BCUT2D eigenvalue weighted by Gasteiger charge is 2.03. The van der Waals surface area contributed by atoms with Crippen LogP contribution in [0.2, 0.25) is 0 Å². The van der Waals surface area contributed by atoms with Crippen LogP contribution in [0.1, 0.15) is 17.8 Å². The van der Waals surface area contributed by atoms with E-state index in [2.05, 4.69) is 9.97 Å². The monoisotopic (exact) mass is 282 g/mol. The van der Waals surface area contributed by atoms with Gasteiger partial charge in [0.2, 0.25) is 0 Å². The average molecular weight is 282 g/mol. The molecule has 2 aromatic rings. The second kappa shape index (κ2) is 7.00. The Morgan fingerprint density at radius 2 is 1.76 bits per heavy atom. The zero-order valence-corrected chi connectivity index (χ0v) is 11.2. The number of hydrogen-bond donors (Lipinski definition) is 2. The van der Waals surface area contributed by atoms with Gasteiger partial charge in [0.15, 0.2) is 11.6 Å². The normalized spacial score (nSPS) is 11.2. The number of aromatic amines is 1. The van der Waals surface area contributed by atoms with Crippen molar-refractivity contribution >= 4 is 23.7 Å². The lowest BCUT2D eigenvalue weighted by Crippen LogP contribution is -2.01. The van der Waals surface area contributed by atoms with E-state index in [0.29, 0.717) is 5.82 Å². The maximum absolute atomic E-state index is 11.6. The SMILES string of the molecule is O=C(/C=C/c1ccc(O)cc1)CC(=O)/C=C/c1ncc[nH]1. The fourth-order valence-electron chi connectivity index (χ4n) is 1.60. The van der Waals surface area contributed by atoms with Gasteiger partial charge >= 0.3 is 0 Å². The first-order valence-electron chi connectivity index (χ1n) is 6.34. The number of aromatic nitrogens is 2. The number of allylic oxidation sites excluding steroid dienone is 2. The lowest BCUT2D eigenvalue weighted by molar-refractivity contribution is -0.121. The molecule has 1 heterocycles. The molecule has 0 bridgehead atoms. The molecule has 0 radical (unpaired) electrons. The molecule has 0 unspecified atom stereocenters. The Kier molecular flexibility index (Phi) is 4.82. The molecule has 0 aliphatic heterocycles. The Bertz CT molecular complexity index is 668. The number of nitrogens with zero attached hydrogens (tertiary/aromatic N) is 1. The molecule has 0 spiro atoms. The van der Waals surface area contributed by atoms with Gasteiger partial charge in [0.25, 0.3) is 0 Å². The second-order valence-electron chi connectivity index (χ2n) is 4.34. The van der Waals surface area contributed by atoms with Crippen LogP contribution >= 0.6 is 0 Å². The van der Waals surface area contributed by atoms with Crippen LogP contribution < -0.4 is 0 Å². The van der Waals surface area contributed by atoms with Crippen molar-refractivity contribution in [2.24, 2.45) is 0 Å². The van der Waals surface area contributed by atoms with Crippen LogP contribution in [0.3, 0.4) is 0 Å². The minimum Gasteiger partial charge on any atom is -0.508 e. The Morgan fingerprint density at radius 1 is 1.10 bits per heavy atom. The summed E-state index contributed by atoms with van der Waals surface area (Å²) in [5.74, 6) is 0.163. The highest BCUT2D eigenvalue weighted by Crippen LogP contribution is 2.10. The van der Waals surface area contributed by atoms with Crippen LogP contribution in [0.5, 0.6) is 5.75 Å². The summed E-state index contributed by atoms with van der Waals surface area (Å²) in [6, 6.07) is 6.41. The molecule has 0 saturated heterocycles. The van der Waals surface area contributed by atoms with E-state index < -0.39 is 0 Å². The van der Waals surface area contributed by atoms with Gasteiger partial charge in [-0.2, -0.15) is 0 Å². The van der Waals surface area contributed by atoms with Crippen molar-refractivity contribution in [3.05, 3.63) is 60.2 Å². The zero-order valence-electron chi connectivity index (χ0n) is 11.2. The molecule has 0 saturated carbocycles. The minimum atomic E-state index is -0.285. The van der Waals surface area contributed by atoms with E-state index in [-0.39, 0.29) is 23.7 Å². The summed E-state index contributed by atoms with van der Waals surface area (Å²) in [5.41, 5.74) is 0.778. The lowest BCUT2D eigenvalue weighted by atomic mass is 10.1. The Balaban J connectivity index is 1.86. The number of ketones is 2. The number of nitrogens with one attached hydrogen (secondary N) is 1. The molecule has 1 aromatic carbocycles. The van der Waals surface area contributed by atoms with Gasteiger partial charge in [-0.1, -0.05) is 18.2 Å². The van der Waals surface area contributed by atoms with Crippen molar-refractivity contribution in [2.75, 3.05) is 0 Å². The van der Waals surface area contributed by atoms with Gasteiger partial charge in [0, 0.05) is 12.4 Å². The Hall–Kier alpha value is -2.95. The molecular weight excluding hydrogens is 268 g/mol. The first-order valence-corrected chi connectivity index (χ1v) is 6.34. The quantitative estimate of drug-likeness (QED) is 0.629. The third kappa shape index (κ3) is 4.91. The first kappa shape index (κ1) is 14.5. The zero-order chi connectivity index (χ0) is 15.1. The molecule has 5 nitrogen and oxygen atoms in total. The summed E-state index contributed by atoms with van der Waals surface area (Å²) in [4.78, 5) is 30.0. The van der Waals surface area contributed by atoms with Crippen molar-refractivity contribution < 1.29 is 14.7 Å². The number of phenolic OH excluding ortho intramolecular Hbond substituents is 1. The van der Waals surface area contributed by atoms with Gasteiger partial charge in [0.1, 0.15) is 11.6 Å². The number of carbonyl (C=O) groups is 2. The van der Waals surface area contributed by atoms with E-state index in [1.807, 2.05) is 0 Å². The maximum Gasteiger partial charge on any atom is 0.163 e. The molecule has 0 aliphatic carbocycles. The van der Waals surface area contributed by atoms with Crippen LogP contribution in [0, 0.1) is 0 Å². The molecule has 0 aliphatic rings. The molecular formula is C16H14N2O3. The summed E-state index contributed by atoms with van der Waals surface area (Å²) in [5, 5.41) is 9.14. The highest BCUT2D eigenvalue weighted by atomic mass is 16.3. The highest BCUT2D eigenvalue weighted by molar-refractivity contribution is 6.10. The molecule has 1 aromatic heterocycles. The van der Waals surface area contributed by atoms with Crippen LogP contribution in [0.25, 0.3) is 12.2 Å². The Morgan fingerprint density at radius 3 is 2.38 bits per heavy atom. The number of imidazole rings is 1. The van der Waals surface area contributed by atoms with Crippen LogP contribution in [-0.2, 0) is 9.59 Å². The molecule has 106 valence electrons. The van der Waals surface area contributed by atoms with Gasteiger partial charge in [0.05, 0.1) is 6.42 Å². The van der Waals surface area contributed by atoms with Crippen LogP contribution in [0.15, 0.2) is 48.8 Å². The number of phenols is 1. The van der Waals surface area contributed by atoms with Crippen molar-refractivity contribution in [1.82, 2.24) is 9.97 Å². The third-order valence-electron chi connectivity index (χ3n) is 2.65. The summed E-state index contributed by atoms with van der Waals surface area (Å²) in [7, 11) is 0. The molecule has 2 rings (SSSR count). The van der Waals surface area contributed by atoms with E-state index in [0.717, 1.165) is 5.56 Å². The number of benzene rings is 1. The second-order valence-corrected chi connectivity index (χ2v) is 4.34. The molecule has 5 heteroatoms. The predicted octanol–water partition coefficient (Wildman–Crippen LogP) is 2.37. The third-order valence-corrected chi connectivity index (χ3v) is 2.65. The van der Waals surface area contributed by atoms with Crippen molar-refractivity contribution in [3.8, 4) is 5.75 Å². The van der Waals surface area contributed by atoms with Gasteiger partial charge in [-0.05, 0) is 35.9 Å². The van der Waals surface area contributed by atoms with E-state index in [4.69, 9.17) is 5.11 Å². The summed E-state index contributed by atoms with van der Waals surface area (Å²) >= 11 is 0. The molecule has 0 fully saturated rings. The van der Waals surface area contributed by atoms with Crippen molar-refractivity contribution in [1.29, 1.82) is 0 Å². The molecule has 0 atom stereocenters. The number of aromatic hydroxyl groups is 1. The van der Waals surface area contributed by atoms with Crippen molar-refractivity contribution in [3.63, 3.8) is 0 Å². The summed E-state index contributed by atoms with van der Waals surface area (Å²) < 4.78 is 0. The standard InChI is InChI=1S/C16H14N2O3/c19-13-4-1-12(2-5-13)3-6-14(20)11-15(21)7-8-16-17-9-10-18-16/h1-10,19H,11H2,(H,17,18)/b6-3+,8-7+. The van der Waals surface area contributed by atoms with Gasteiger partial charge < -0.3 is 10.1 Å². The number of hydrogen-bond acceptors (Lipinski definition) is 4. The Labute approximate surface area is 121 Å². The number of carbonyl (C=O) groups excluding carboxylic acids is 2. The smallest absolute Gasteiger partial charge is 0.163 e. The van der Waals surface area contributed by atoms with Gasteiger partial charge in [-0.15, -0.1) is 0 Å². The van der Waals surface area contributed by atoms with Gasteiger partial charge in [-0.3, -0.25) is 9.59 Å². The fourth-order valence-corrected chi connectivity index (χ4v) is 1.60. The van der Waals surface area contributed by atoms with E-state index >= 15 is 0 Å². The number of rotatable bonds is 6. The topological polar surface area (TPSA) is 83.0 Å². The maximum atomic E-state index is 11.6. The van der Waals surface area contributed by atoms with E-state index in [1.54, 1.807) is 30.6 Å². The molecule has 0 amide bonds. The first-order chi connectivity index (χ1) is 10.1. The van der Waals surface area contributed by atoms with Crippen molar-refractivity contribution in [2.45, 2.75) is 6.42 Å². The van der Waals surface area contributed by atoms with Gasteiger partial charge in [-0.25, -0.2) is 4.98 Å². The molecule has 2 N–H and O–H groups in total. The largest absolute Gasteiger partial charge is 0.508 e. The minimum absolute atomic E-state index is 0.164. The summed E-state index contributed by atoms with van der Waals surface area (Å²) in [6.45, 7) is 0. The van der Waals surface area contributed by atoms with E-state index in [1.165, 1.54) is 30.4 Å². The van der Waals surface area contributed by atoms with Crippen LogP contribution in [0.4, 0.5) is 0 Å². The fraction of sp³-hybridized carbons (Fsp3) is 0.0625. The number of H-pyrrole nitrogens is 1.